The van der Waals surface area contributed by atoms with Crippen molar-refractivity contribution in [3.8, 4) is 0 Å². The van der Waals surface area contributed by atoms with E-state index in [9.17, 15) is 9.59 Å². The highest BCUT2D eigenvalue weighted by atomic mass is 16.2. The van der Waals surface area contributed by atoms with Gasteiger partial charge < -0.3 is 0 Å². The van der Waals surface area contributed by atoms with Gasteiger partial charge in [0.05, 0.1) is 22.4 Å². The Balaban J connectivity index is 1.54. The lowest BCUT2D eigenvalue weighted by Gasteiger charge is -2.25. The van der Waals surface area contributed by atoms with Crippen LogP contribution in [0.25, 0.3) is 11.0 Å². The first-order valence-corrected chi connectivity index (χ1v) is 9.49. The smallest absolute Gasteiger partial charge is 0.295 e. The van der Waals surface area contributed by atoms with Gasteiger partial charge in [-0.1, -0.05) is 48.5 Å². The molecule has 0 aliphatic heterocycles. The zero-order chi connectivity index (χ0) is 20.2. The molecule has 0 saturated heterocycles. The average molecular weight is 386 g/mol. The van der Waals surface area contributed by atoms with Gasteiger partial charge in [-0.05, 0) is 36.4 Å². The van der Waals surface area contributed by atoms with E-state index < -0.39 is 0 Å². The van der Waals surface area contributed by atoms with Crippen LogP contribution in [0, 0.1) is 0 Å². The molecular formula is C23H22N4O2. The third kappa shape index (κ3) is 3.78. The lowest BCUT2D eigenvalue weighted by molar-refractivity contribution is -0.121. The average Bonchev–Trinajstić information content (AvgIpc) is 3.02. The van der Waals surface area contributed by atoms with Gasteiger partial charge in [-0.25, -0.2) is 4.79 Å². The minimum absolute atomic E-state index is 0.123. The highest BCUT2D eigenvalue weighted by Gasteiger charge is 2.15. The molecule has 4 aromatic rings. The molecule has 1 amide bonds. The third-order valence-electron chi connectivity index (χ3n) is 4.88. The van der Waals surface area contributed by atoms with Crippen LogP contribution in [-0.2, 0) is 18.4 Å². The normalized spacial score (nSPS) is 10.8. The molecule has 29 heavy (non-hydrogen) atoms. The van der Waals surface area contributed by atoms with Gasteiger partial charge in [0.1, 0.15) is 0 Å². The number of imidazole rings is 1. The lowest BCUT2D eigenvalue weighted by Crippen LogP contribution is -2.39. The predicted octanol–water partition coefficient (Wildman–Crippen LogP) is 3.60. The summed E-state index contributed by atoms with van der Waals surface area (Å²) in [5, 5.41) is 1.76. The molecule has 0 saturated carbocycles. The van der Waals surface area contributed by atoms with Crippen LogP contribution in [0.1, 0.15) is 6.42 Å². The summed E-state index contributed by atoms with van der Waals surface area (Å²) in [5.41, 5.74) is 6.24. The molecule has 0 aliphatic carbocycles. The molecule has 4 rings (SSSR count). The van der Waals surface area contributed by atoms with Gasteiger partial charge in [0.2, 0.25) is 5.91 Å². The predicted molar refractivity (Wildman–Crippen MR) is 115 cm³/mol. The highest BCUT2D eigenvalue weighted by Crippen LogP contribution is 2.22. The van der Waals surface area contributed by atoms with Crippen molar-refractivity contribution in [1.29, 1.82) is 0 Å². The molecule has 0 fully saturated rings. The molecule has 0 unspecified atom stereocenters. The van der Waals surface area contributed by atoms with Gasteiger partial charge in [0.15, 0.2) is 0 Å². The Hall–Kier alpha value is -3.80. The SMILES string of the molecule is Cn1c(=O)n(CCC(=O)NN(c2ccccc2)c2ccccc2)c2ccccc21. The first kappa shape index (κ1) is 18.6. The van der Waals surface area contributed by atoms with Gasteiger partial charge in [-0.15, -0.1) is 0 Å². The maximum atomic E-state index is 12.8. The summed E-state index contributed by atoms with van der Waals surface area (Å²) in [6.45, 7) is 0.309. The fourth-order valence-corrected chi connectivity index (χ4v) is 3.41. The summed E-state index contributed by atoms with van der Waals surface area (Å²) in [6, 6.07) is 26.9. The summed E-state index contributed by atoms with van der Waals surface area (Å²) >= 11 is 0. The number of para-hydroxylation sites is 4. The van der Waals surface area contributed by atoms with Crippen molar-refractivity contribution in [2.24, 2.45) is 7.05 Å². The van der Waals surface area contributed by atoms with E-state index in [0.717, 1.165) is 22.4 Å². The van der Waals surface area contributed by atoms with Crippen LogP contribution in [0.15, 0.2) is 89.7 Å². The van der Waals surface area contributed by atoms with Crippen LogP contribution in [0.2, 0.25) is 0 Å². The molecule has 0 spiro atoms. The molecule has 0 aliphatic rings. The molecule has 146 valence electrons. The zero-order valence-corrected chi connectivity index (χ0v) is 16.2. The minimum Gasteiger partial charge on any atom is -0.295 e. The number of hydrazine groups is 1. The highest BCUT2D eigenvalue weighted by molar-refractivity contribution is 5.81. The number of carbonyl (C=O) groups is 1. The van der Waals surface area contributed by atoms with E-state index in [1.165, 1.54) is 0 Å². The van der Waals surface area contributed by atoms with E-state index >= 15 is 0 Å². The second-order valence-corrected chi connectivity index (χ2v) is 6.77. The maximum Gasteiger partial charge on any atom is 0.328 e. The van der Waals surface area contributed by atoms with Crippen molar-refractivity contribution < 1.29 is 4.79 Å². The van der Waals surface area contributed by atoms with E-state index in [2.05, 4.69) is 5.43 Å². The number of fused-ring (bicyclic) bond motifs is 1. The quantitative estimate of drug-likeness (QED) is 0.515. The van der Waals surface area contributed by atoms with Crippen molar-refractivity contribution in [3.05, 3.63) is 95.4 Å². The van der Waals surface area contributed by atoms with Gasteiger partial charge >= 0.3 is 5.69 Å². The number of aromatic nitrogens is 2. The largest absolute Gasteiger partial charge is 0.328 e. The molecule has 3 aromatic carbocycles. The van der Waals surface area contributed by atoms with E-state index in [4.69, 9.17) is 0 Å². The molecule has 6 heteroatoms. The minimum atomic E-state index is -0.169. The first-order chi connectivity index (χ1) is 14.1. The van der Waals surface area contributed by atoms with Crippen molar-refractivity contribution in [1.82, 2.24) is 14.6 Å². The molecule has 0 bridgehead atoms. The Labute approximate surface area is 168 Å². The summed E-state index contributed by atoms with van der Waals surface area (Å²) in [4.78, 5) is 25.3. The van der Waals surface area contributed by atoms with Crippen molar-refractivity contribution in [3.63, 3.8) is 0 Å². The van der Waals surface area contributed by atoms with E-state index in [1.54, 1.807) is 21.2 Å². The van der Waals surface area contributed by atoms with Crippen LogP contribution in [0.5, 0.6) is 0 Å². The summed E-state index contributed by atoms with van der Waals surface area (Å²) < 4.78 is 3.25. The van der Waals surface area contributed by atoms with Crippen LogP contribution in [-0.4, -0.2) is 15.0 Å². The molecular weight excluding hydrogens is 364 g/mol. The zero-order valence-electron chi connectivity index (χ0n) is 16.2. The lowest BCUT2D eigenvalue weighted by atomic mass is 10.2. The van der Waals surface area contributed by atoms with Crippen LogP contribution in [0.4, 0.5) is 11.4 Å². The summed E-state index contributed by atoms with van der Waals surface area (Å²) in [5.74, 6) is -0.169. The van der Waals surface area contributed by atoms with Crippen molar-refractivity contribution >= 4 is 28.3 Å². The Morgan fingerprint density at radius 3 is 1.93 bits per heavy atom. The monoisotopic (exact) mass is 386 g/mol. The maximum absolute atomic E-state index is 12.8. The van der Waals surface area contributed by atoms with E-state index in [-0.39, 0.29) is 18.0 Å². The molecule has 1 aromatic heterocycles. The number of hydrogen-bond acceptors (Lipinski definition) is 3. The number of hydrogen-bond donors (Lipinski definition) is 1. The van der Waals surface area contributed by atoms with Gasteiger partial charge in [0, 0.05) is 20.0 Å². The van der Waals surface area contributed by atoms with E-state index in [1.807, 2.05) is 84.9 Å². The molecule has 6 nitrogen and oxygen atoms in total. The van der Waals surface area contributed by atoms with Gasteiger partial charge in [-0.3, -0.25) is 24.4 Å². The number of nitrogens with one attached hydrogen (secondary N) is 1. The second-order valence-electron chi connectivity index (χ2n) is 6.77. The Bertz CT molecular complexity index is 1140. The summed E-state index contributed by atoms with van der Waals surface area (Å²) in [6.07, 6.45) is 0.185. The van der Waals surface area contributed by atoms with Crippen molar-refractivity contribution in [2.75, 3.05) is 5.01 Å². The van der Waals surface area contributed by atoms with Gasteiger partial charge in [-0.2, -0.15) is 0 Å². The molecule has 1 N–H and O–H groups in total. The standard InChI is InChI=1S/C23H22N4O2/c1-25-20-14-8-9-15-21(20)26(23(25)29)17-16-22(28)24-27(18-10-4-2-5-11-18)19-12-6-3-7-13-19/h2-15H,16-17H2,1H3,(H,24,28). The number of benzene rings is 3. The molecule has 0 atom stereocenters. The fourth-order valence-electron chi connectivity index (χ4n) is 3.41. The number of anilines is 2. The Kier molecular flexibility index (Phi) is 5.16. The molecule has 0 radical (unpaired) electrons. The number of amides is 1. The van der Waals surface area contributed by atoms with Crippen molar-refractivity contribution in [2.45, 2.75) is 13.0 Å². The van der Waals surface area contributed by atoms with Crippen LogP contribution >= 0.6 is 0 Å². The Morgan fingerprint density at radius 2 is 1.34 bits per heavy atom. The summed E-state index contributed by atoms with van der Waals surface area (Å²) in [7, 11) is 1.74. The Morgan fingerprint density at radius 1 is 0.828 bits per heavy atom. The number of carbonyl (C=O) groups excluding carboxylic acids is 1. The van der Waals surface area contributed by atoms with Crippen LogP contribution < -0.4 is 16.1 Å². The number of aryl methyl sites for hydroxylation is 2. The first-order valence-electron chi connectivity index (χ1n) is 9.49. The van der Waals surface area contributed by atoms with Crippen LogP contribution in [0.3, 0.4) is 0 Å². The number of rotatable bonds is 6. The van der Waals surface area contributed by atoms with Gasteiger partial charge in [0.25, 0.3) is 0 Å². The van der Waals surface area contributed by atoms with E-state index in [0.29, 0.717) is 6.54 Å². The topological polar surface area (TPSA) is 59.3 Å². The fraction of sp³-hybridized carbons (Fsp3) is 0.130. The second kappa shape index (κ2) is 8.06. The molecule has 1 heterocycles. The number of nitrogens with zero attached hydrogens (tertiary/aromatic N) is 3. The third-order valence-corrected chi connectivity index (χ3v) is 4.88.